The minimum Gasteiger partial charge on any atom is -0.326 e. The summed E-state index contributed by atoms with van der Waals surface area (Å²) in [5, 5.41) is 6.52. The molecular formula is C30H29ClN4O3. The molecule has 2 N–H and O–H groups in total. The number of carbonyl (C=O) groups is 3. The molecule has 7 nitrogen and oxygen atoms in total. The lowest BCUT2D eigenvalue weighted by atomic mass is 9.78. The van der Waals surface area contributed by atoms with Gasteiger partial charge in [0.1, 0.15) is 12.4 Å². The molecule has 3 aromatic rings. The van der Waals surface area contributed by atoms with Crippen LogP contribution in [0, 0.1) is 5.41 Å². The molecule has 1 fully saturated rings. The second-order valence-electron chi connectivity index (χ2n) is 11.2. The van der Waals surface area contributed by atoms with Gasteiger partial charge in [-0.2, -0.15) is 0 Å². The van der Waals surface area contributed by atoms with Gasteiger partial charge in [-0.1, -0.05) is 49.7 Å². The zero-order valence-corrected chi connectivity index (χ0v) is 22.1. The number of aromatic nitrogens is 1. The first-order valence-electron chi connectivity index (χ1n) is 12.9. The highest BCUT2D eigenvalue weighted by molar-refractivity contribution is 6.30. The number of nitrogens with zero attached hydrogens (tertiary/aromatic N) is 2. The third-order valence-electron chi connectivity index (χ3n) is 8.27. The Balaban J connectivity index is 1.21. The molecule has 3 heterocycles. The van der Waals surface area contributed by atoms with Crippen LogP contribution >= 0.6 is 11.6 Å². The maximum atomic E-state index is 13.4. The highest BCUT2D eigenvalue weighted by Crippen LogP contribution is 2.47. The molecule has 8 heteroatoms. The normalized spacial score (nSPS) is 23.2. The molecule has 2 atom stereocenters. The van der Waals surface area contributed by atoms with Crippen molar-refractivity contribution < 1.29 is 14.4 Å². The average molecular weight is 529 g/mol. The van der Waals surface area contributed by atoms with Gasteiger partial charge in [0, 0.05) is 27.9 Å². The fourth-order valence-electron chi connectivity index (χ4n) is 6.23. The van der Waals surface area contributed by atoms with E-state index in [1.165, 1.54) is 0 Å². The van der Waals surface area contributed by atoms with Gasteiger partial charge in [-0.05, 0) is 72.7 Å². The Morgan fingerprint density at radius 3 is 2.74 bits per heavy atom. The number of rotatable bonds is 4. The molecule has 6 rings (SSSR count). The summed E-state index contributed by atoms with van der Waals surface area (Å²) in [5.41, 5.74) is 3.42. The van der Waals surface area contributed by atoms with Crippen molar-refractivity contribution in [3.8, 4) is 0 Å². The summed E-state index contributed by atoms with van der Waals surface area (Å²) in [6.45, 7) is 3.80. The molecule has 3 aliphatic rings. The lowest BCUT2D eigenvalue weighted by Crippen LogP contribution is -2.50. The van der Waals surface area contributed by atoms with Crippen LogP contribution in [0.2, 0.25) is 5.02 Å². The maximum Gasteiger partial charge on any atom is 0.244 e. The number of piperidine rings is 1. The van der Waals surface area contributed by atoms with Crippen molar-refractivity contribution in [1.29, 1.82) is 0 Å². The summed E-state index contributed by atoms with van der Waals surface area (Å²) >= 11 is 6.23. The van der Waals surface area contributed by atoms with Crippen molar-refractivity contribution in [2.75, 3.05) is 17.2 Å². The Labute approximate surface area is 226 Å². The number of likely N-dealkylation sites (tertiary alicyclic amines) is 1. The van der Waals surface area contributed by atoms with Crippen molar-refractivity contribution >= 4 is 40.8 Å². The summed E-state index contributed by atoms with van der Waals surface area (Å²) in [6.07, 6.45) is 4.32. The van der Waals surface area contributed by atoms with Gasteiger partial charge in [0.25, 0.3) is 0 Å². The van der Waals surface area contributed by atoms with Crippen molar-refractivity contribution in [1.82, 2.24) is 9.88 Å². The van der Waals surface area contributed by atoms with Gasteiger partial charge in [0.2, 0.25) is 17.7 Å². The predicted octanol–water partition coefficient (Wildman–Crippen LogP) is 5.05. The number of hydrogen-bond donors (Lipinski definition) is 2. The molecular weight excluding hydrogens is 500 g/mol. The molecule has 3 amide bonds. The minimum absolute atomic E-state index is 0.0359. The molecule has 1 aliphatic carbocycles. The Morgan fingerprint density at radius 2 is 1.92 bits per heavy atom. The van der Waals surface area contributed by atoms with Crippen LogP contribution in [0.1, 0.15) is 55.0 Å². The number of fused-ring (bicyclic) bond motifs is 3. The fourth-order valence-corrected chi connectivity index (χ4v) is 6.43. The summed E-state index contributed by atoms with van der Waals surface area (Å²) in [7, 11) is 0. The lowest BCUT2D eigenvalue weighted by molar-refractivity contribution is -0.150. The first kappa shape index (κ1) is 24.6. The number of anilines is 2. The van der Waals surface area contributed by atoms with Gasteiger partial charge in [-0.15, -0.1) is 0 Å². The Bertz CT molecular complexity index is 1490. The first-order chi connectivity index (χ1) is 18.2. The van der Waals surface area contributed by atoms with E-state index in [2.05, 4.69) is 15.6 Å². The van der Waals surface area contributed by atoms with Crippen LogP contribution in [0.4, 0.5) is 11.5 Å². The van der Waals surface area contributed by atoms with Crippen LogP contribution in [-0.4, -0.2) is 34.2 Å². The van der Waals surface area contributed by atoms with Gasteiger partial charge >= 0.3 is 0 Å². The Morgan fingerprint density at radius 1 is 1.11 bits per heavy atom. The number of amides is 3. The van der Waals surface area contributed by atoms with Crippen LogP contribution in [0.25, 0.3) is 0 Å². The zero-order valence-electron chi connectivity index (χ0n) is 21.4. The zero-order chi connectivity index (χ0) is 26.7. The molecule has 0 bridgehead atoms. The van der Waals surface area contributed by atoms with Crippen LogP contribution in [-0.2, 0) is 32.6 Å². The van der Waals surface area contributed by atoms with Crippen LogP contribution in [0.3, 0.4) is 0 Å². The predicted molar refractivity (Wildman–Crippen MR) is 146 cm³/mol. The molecule has 0 saturated carbocycles. The molecule has 194 valence electrons. The van der Waals surface area contributed by atoms with Crippen molar-refractivity contribution in [3.63, 3.8) is 0 Å². The summed E-state index contributed by atoms with van der Waals surface area (Å²) in [6, 6.07) is 16.9. The number of benzene rings is 2. The molecule has 0 unspecified atom stereocenters. The van der Waals surface area contributed by atoms with Crippen LogP contribution in [0.15, 0.2) is 60.8 Å². The lowest BCUT2D eigenvalue weighted by Gasteiger charge is -2.43. The molecule has 2 aliphatic heterocycles. The van der Waals surface area contributed by atoms with Gasteiger partial charge in [-0.25, -0.2) is 4.98 Å². The second-order valence-corrected chi connectivity index (χ2v) is 11.7. The van der Waals surface area contributed by atoms with Crippen LogP contribution < -0.4 is 10.6 Å². The van der Waals surface area contributed by atoms with Gasteiger partial charge in [-0.3, -0.25) is 14.4 Å². The van der Waals surface area contributed by atoms with Gasteiger partial charge in [0.15, 0.2) is 0 Å². The number of nitrogens with one attached hydrogen (secondary N) is 2. The third kappa shape index (κ3) is 4.06. The van der Waals surface area contributed by atoms with E-state index in [-0.39, 0.29) is 30.3 Å². The van der Waals surface area contributed by atoms with Crippen LogP contribution in [0.5, 0.6) is 0 Å². The Kier molecular flexibility index (Phi) is 5.80. The largest absolute Gasteiger partial charge is 0.326 e. The maximum absolute atomic E-state index is 13.4. The fraction of sp³-hybridized carbons (Fsp3) is 0.333. The van der Waals surface area contributed by atoms with E-state index >= 15 is 0 Å². The summed E-state index contributed by atoms with van der Waals surface area (Å²) in [5.74, 6) is 0.289. The molecule has 38 heavy (non-hydrogen) atoms. The molecule has 0 radical (unpaired) electrons. The quantitative estimate of drug-likeness (QED) is 0.495. The monoisotopic (exact) mass is 528 g/mol. The first-order valence-corrected chi connectivity index (χ1v) is 13.3. The van der Waals surface area contributed by atoms with E-state index in [9.17, 15) is 14.4 Å². The summed E-state index contributed by atoms with van der Waals surface area (Å²) in [4.78, 5) is 45.6. The summed E-state index contributed by atoms with van der Waals surface area (Å²) < 4.78 is 0. The standard InChI is InChI=1S/C30H29ClN4O3/c1-29(2)11-10-24(18-5-3-6-21(31)13-18)35(28(29)38)17-25(36)33-22-9-8-19-15-30(16-20(19)14-22)23-7-4-12-32-26(23)34-27(30)37/h3-9,12-14,24H,10-11,15-17H2,1-2H3,(H,33,36)(H,32,34,37)/t24-,30+/m0/s1. The van der Waals surface area contributed by atoms with E-state index in [4.69, 9.17) is 11.6 Å². The van der Waals surface area contributed by atoms with E-state index in [1.807, 2.05) is 62.4 Å². The molecule has 1 saturated heterocycles. The van der Waals surface area contributed by atoms with Crippen molar-refractivity contribution in [3.05, 3.63) is 88.1 Å². The highest BCUT2D eigenvalue weighted by atomic mass is 35.5. The van der Waals surface area contributed by atoms with E-state index in [0.29, 0.717) is 29.4 Å². The highest BCUT2D eigenvalue weighted by Gasteiger charge is 2.51. The average Bonchev–Trinajstić information content (AvgIpc) is 3.39. The number of hydrogen-bond acceptors (Lipinski definition) is 4. The number of carbonyl (C=O) groups excluding carboxylic acids is 3. The minimum atomic E-state index is -0.662. The molecule has 1 aromatic heterocycles. The number of pyridine rings is 1. The van der Waals surface area contributed by atoms with Crippen molar-refractivity contribution in [2.24, 2.45) is 5.41 Å². The van der Waals surface area contributed by atoms with E-state index in [0.717, 1.165) is 35.1 Å². The van der Waals surface area contributed by atoms with Crippen molar-refractivity contribution in [2.45, 2.75) is 51.0 Å². The van der Waals surface area contributed by atoms with E-state index in [1.54, 1.807) is 17.2 Å². The molecule has 1 spiro atoms. The number of halogens is 1. The second kappa shape index (κ2) is 8.95. The smallest absolute Gasteiger partial charge is 0.244 e. The van der Waals surface area contributed by atoms with E-state index < -0.39 is 10.8 Å². The van der Waals surface area contributed by atoms with Gasteiger partial charge < -0.3 is 15.5 Å². The Hall–Kier alpha value is -3.71. The molecule has 2 aromatic carbocycles. The third-order valence-corrected chi connectivity index (χ3v) is 8.51. The SMILES string of the molecule is CC1(C)CC[C@@H](c2cccc(Cl)c2)N(CC(=O)Nc2ccc3c(c2)C[C@@]2(C3)C(=O)Nc3ncccc32)C1=O. The van der Waals surface area contributed by atoms with Gasteiger partial charge in [0.05, 0.1) is 11.5 Å². The topological polar surface area (TPSA) is 91.4 Å².